The molecule has 11 heteroatoms. The minimum Gasteiger partial charge on any atom is -0.480 e. The summed E-state index contributed by atoms with van der Waals surface area (Å²) in [5, 5.41) is 8.58. The maximum absolute atomic E-state index is 11.0. The lowest BCUT2D eigenvalue weighted by molar-refractivity contribution is -0.145. The lowest BCUT2D eigenvalue weighted by atomic mass is 10.2. The molecule has 2 fully saturated rings. The molecule has 0 amide bonds. The molecule has 0 saturated carbocycles. The molecule has 1 N–H and O–H groups in total. The van der Waals surface area contributed by atoms with Gasteiger partial charge in [0.1, 0.15) is 12.1 Å². The van der Waals surface area contributed by atoms with Crippen LogP contribution in [0.1, 0.15) is 25.7 Å². The second-order valence-corrected chi connectivity index (χ2v) is 7.67. The van der Waals surface area contributed by atoms with Crippen LogP contribution >= 0.6 is 23.1 Å². The van der Waals surface area contributed by atoms with Crippen molar-refractivity contribution in [3.8, 4) is 0 Å². The standard InChI is InChI=1S/C7H13NO2.C5H8ClNO4S.ClH/c1-8-5-3-4-6(8)7(9)10-2;6-12(10,11)7-3-1-2-4(7)5(8)9;/h6H,3-5H2,1-2H3;4H,1-3H2,(H,8,9);1H/t6-;4-;/m00./s1. The summed E-state index contributed by atoms with van der Waals surface area (Å²) in [6, 6.07) is -0.961. The highest BCUT2D eigenvalue weighted by Gasteiger charge is 2.37. The van der Waals surface area contributed by atoms with E-state index in [1.165, 1.54) is 7.11 Å². The van der Waals surface area contributed by atoms with E-state index >= 15 is 0 Å². The Morgan fingerprint density at radius 1 is 1.17 bits per heavy atom. The maximum atomic E-state index is 11.0. The average Bonchev–Trinajstić information content (AvgIpc) is 3.06. The molecule has 0 aliphatic carbocycles. The van der Waals surface area contributed by atoms with Crippen molar-refractivity contribution in [3.63, 3.8) is 0 Å². The minimum absolute atomic E-state index is 0. The number of likely N-dealkylation sites (N-methyl/N-ethyl adjacent to an activating group) is 1. The number of hydrogen-bond donors (Lipinski definition) is 1. The zero-order valence-corrected chi connectivity index (χ0v) is 15.4. The van der Waals surface area contributed by atoms with E-state index in [0.717, 1.165) is 23.7 Å². The van der Waals surface area contributed by atoms with Gasteiger partial charge in [-0.15, -0.1) is 12.4 Å². The third kappa shape index (κ3) is 6.42. The van der Waals surface area contributed by atoms with E-state index in [1.54, 1.807) is 0 Å². The van der Waals surface area contributed by atoms with Gasteiger partial charge in [0.25, 0.3) is 0 Å². The van der Waals surface area contributed by atoms with Crippen LogP contribution in [0.25, 0.3) is 0 Å². The van der Waals surface area contributed by atoms with Crippen molar-refractivity contribution in [1.82, 2.24) is 9.21 Å². The van der Waals surface area contributed by atoms with Gasteiger partial charge in [-0.1, -0.05) is 0 Å². The second-order valence-electron chi connectivity index (χ2n) is 5.21. The van der Waals surface area contributed by atoms with Gasteiger partial charge in [-0.3, -0.25) is 14.5 Å². The lowest BCUT2D eigenvalue weighted by Crippen LogP contribution is -2.37. The zero-order chi connectivity index (χ0) is 16.9. The fraction of sp³-hybridized carbons (Fsp3) is 0.833. The van der Waals surface area contributed by atoms with E-state index in [1.807, 2.05) is 11.9 Å². The molecule has 2 atom stereocenters. The Morgan fingerprint density at radius 3 is 2.04 bits per heavy atom. The fourth-order valence-corrected chi connectivity index (χ4v) is 3.93. The summed E-state index contributed by atoms with van der Waals surface area (Å²) in [6.45, 7) is 1.21. The molecule has 0 bridgehead atoms. The third-order valence-corrected chi connectivity index (χ3v) is 5.29. The molecule has 0 radical (unpaired) electrons. The quantitative estimate of drug-likeness (QED) is 0.556. The number of methoxy groups -OCH3 is 1. The normalized spacial score (nSPS) is 25.2. The summed E-state index contributed by atoms with van der Waals surface area (Å²) in [4.78, 5) is 23.5. The van der Waals surface area contributed by atoms with Gasteiger partial charge < -0.3 is 9.84 Å². The molecule has 2 rings (SSSR count). The molecule has 2 aliphatic heterocycles. The SMILES string of the molecule is COC(=O)[C@@H]1CCCN1C.Cl.O=C(O)[C@@H]1CCCN1S(=O)(=O)Cl. The van der Waals surface area contributed by atoms with Gasteiger partial charge in [0.15, 0.2) is 0 Å². The number of carboxylic acids is 1. The summed E-state index contributed by atoms with van der Waals surface area (Å²) in [5.74, 6) is -1.24. The van der Waals surface area contributed by atoms with Crippen molar-refractivity contribution < 1.29 is 27.9 Å². The molecule has 0 aromatic heterocycles. The molecule has 0 spiro atoms. The van der Waals surface area contributed by atoms with Crippen LogP contribution in [0.4, 0.5) is 0 Å². The van der Waals surface area contributed by atoms with Gasteiger partial charge in [-0.2, -0.15) is 12.7 Å². The Balaban J connectivity index is 0.000000409. The van der Waals surface area contributed by atoms with Crippen molar-refractivity contribution in [3.05, 3.63) is 0 Å². The number of hydrogen-bond acceptors (Lipinski definition) is 6. The Kier molecular flexibility index (Phi) is 9.37. The fourth-order valence-electron chi connectivity index (χ4n) is 2.59. The number of rotatable bonds is 3. The van der Waals surface area contributed by atoms with Crippen molar-refractivity contribution in [2.24, 2.45) is 0 Å². The van der Waals surface area contributed by atoms with Crippen LogP contribution in [0, 0.1) is 0 Å². The van der Waals surface area contributed by atoms with Crippen molar-refractivity contribution in [1.29, 1.82) is 0 Å². The summed E-state index contributed by atoms with van der Waals surface area (Å²) in [7, 11) is 4.53. The highest BCUT2D eigenvalue weighted by molar-refractivity contribution is 8.11. The van der Waals surface area contributed by atoms with E-state index < -0.39 is 21.2 Å². The molecule has 8 nitrogen and oxygen atoms in total. The maximum Gasteiger partial charge on any atom is 0.323 e. The number of halogens is 2. The molecule has 2 aliphatic rings. The number of carboxylic acid groups (broad SMARTS) is 1. The van der Waals surface area contributed by atoms with E-state index in [-0.39, 0.29) is 31.0 Å². The molecule has 23 heavy (non-hydrogen) atoms. The highest BCUT2D eigenvalue weighted by atomic mass is 35.7. The van der Waals surface area contributed by atoms with Gasteiger partial charge >= 0.3 is 21.2 Å². The van der Waals surface area contributed by atoms with Gasteiger partial charge in [0, 0.05) is 17.2 Å². The first-order valence-electron chi connectivity index (χ1n) is 6.90. The number of carbonyl (C=O) groups excluding carboxylic acids is 1. The zero-order valence-electron chi connectivity index (χ0n) is 13.0. The Labute approximate surface area is 146 Å². The van der Waals surface area contributed by atoms with E-state index in [4.69, 9.17) is 15.8 Å². The number of aliphatic carboxylic acids is 1. The summed E-state index contributed by atoms with van der Waals surface area (Å²) < 4.78 is 27.0. The number of ether oxygens (including phenoxy) is 1. The van der Waals surface area contributed by atoms with E-state index in [0.29, 0.717) is 12.8 Å². The highest BCUT2D eigenvalue weighted by Crippen LogP contribution is 2.22. The largest absolute Gasteiger partial charge is 0.480 e. The average molecular weight is 393 g/mol. The Bertz CT molecular complexity index is 516. The van der Waals surface area contributed by atoms with E-state index in [2.05, 4.69) is 4.74 Å². The molecule has 136 valence electrons. The van der Waals surface area contributed by atoms with Crippen LogP contribution < -0.4 is 0 Å². The molecule has 2 heterocycles. The predicted octanol–water partition coefficient (Wildman–Crippen LogP) is 0.694. The predicted molar refractivity (Wildman–Crippen MR) is 87.1 cm³/mol. The number of esters is 1. The smallest absolute Gasteiger partial charge is 0.323 e. The van der Waals surface area contributed by atoms with Crippen LogP contribution in [0.15, 0.2) is 0 Å². The van der Waals surface area contributed by atoms with Crippen LogP contribution in [0.5, 0.6) is 0 Å². The molecule has 0 unspecified atom stereocenters. The number of nitrogens with zero attached hydrogens (tertiary/aromatic N) is 2. The van der Waals surface area contributed by atoms with Gasteiger partial charge in [0.2, 0.25) is 0 Å². The molecular formula is C12H22Cl2N2O6S. The van der Waals surface area contributed by atoms with Crippen molar-refractivity contribution in [2.75, 3.05) is 27.2 Å². The van der Waals surface area contributed by atoms with Crippen molar-refractivity contribution in [2.45, 2.75) is 37.8 Å². The number of carbonyl (C=O) groups is 2. The van der Waals surface area contributed by atoms with Crippen LogP contribution in [0.2, 0.25) is 0 Å². The molecule has 0 aromatic carbocycles. The van der Waals surface area contributed by atoms with Gasteiger partial charge in [0.05, 0.1) is 7.11 Å². The minimum atomic E-state index is -3.87. The topological polar surface area (TPSA) is 104 Å². The van der Waals surface area contributed by atoms with E-state index in [9.17, 15) is 18.0 Å². The van der Waals surface area contributed by atoms with Gasteiger partial charge in [-0.25, -0.2) is 0 Å². The Hall–Kier alpha value is -0.610. The second kappa shape index (κ2) is 9.63. The summed E-state index contributed by atoms with van der Waals surface area (Å²) >= 11 is 0. The van der Waals surface area contributed by atoms with Crippen molar-refractivity contribution >= 4 is 44.3 Å². The monoisotopic (exact) mass is 392 g/mol. The Morgan fingerprint density at radius 2 is 1.70 bits per heavy atom. The van der Waals surface area contributed by atoms with Crippen LogP contribution in [-0.4, -0.2) is 74.0 Å². The van der Waals surface area contributed by atoms with Gasteiger partial charge in [-0.05, 0) is 39.3 Å². The number of likely N-dealkylation sites (tertiary alicyclic amines) is 1. The van der Waals surface area contributed by atoms with Crippen LogP contribution in [-0.2, 0) is 23.6 Å². The first kappa shape index (κ1) is 22.4. The van der Waals surface area contributed by atoms with Crippen LogP contribution in [0.3, 0.4) is 0 Å². The first-order chi connectivity index (χ1) is 10.2. The molecular weight excluding hydrogens is 371 g/mol. The third-order valence-electron chi connectivity index (χ3n) is 3.76. The summed E-state index contributed by atoms with van der Waals surface area (Å²) in [5.41, 5.74) is 0. The molecule has 0 aromatic rings. The first-order valence-corrected chi connectivity index (χ1v) is 9.17. The summed E-state index contributed by atoms with van der Waals surface area (Å²) in [6.07, 6.45) is 2.93. The lowest BCUT2D eigenvalue weighted by Gasteiger charge is -2.15. The molecule has 2 saturated heterocycles.